The van der Waals surface area contributed by atoms with Gasteiger partial charge in [0.2, 0.25) is 0 Å². The van der Waals surface area contributed by atoms with Gasteiger partial charge >= 0.3 is 0 Å². The van der Waals surface area contributed by atoms with Gasteiger partial charge in [0.1, 0.15) is 5.37 Å². The van der Waals surface area contributed by atoms with E-state index in [4.69, 9.17) is 0 Å². The number of hydrogen-bond acceptors (Lipinski definition) is 2. The van der Waals surface area contributed by atoms with Gasteiger partial charge in [-0.25, -0.2) is 0 Å². The van der Waals surface area contributed by atoms with Crippen LogP contribution in [-0.2, 0) is 0 Å². The van der Waals surface area contributed by atoms with E-state index < -0.39 is 0 Å². The first kappa shape index (κ1) is 16.0. The van der Waals surface area contributed by atoms with Crippen molar-refractivity contribution in [3.05, 3.63) is 60.2 Å². The van der Waals surface area contributed by atoms with E-state index in [-0.39, 0.29) is 0 Å². The average molecular weight is 299 g/mol. The van der Waals surface area contributed by atoms with E-state index in [0.717, 1.165) is 6.54 Å². The number of thioether (sulfide) groups is 1. The van der Waals surface area contributed by atoms with Crippen LogP contribution in [0.5, 0.6) is 0 Å². The Bertz CT molecular complexity index is 538. The molecule has 0 saturated heterocycles. The molecule has 1 nitrogen and oxygen atoms in total. The predicted octanol–water partition coefficient (Wildman–Crippen LogP) is 6.12. The molecule has 0 aliphatic carbocycles. The van der Waals surface area contributed by atoms with E-state index >= 15 is 0 Å². The first-order chi connectivity index (χ1) is 10.4. The summed E-state index contributed by atoms with van der Waals surface area (Å²) in [5.74, 6) is 0. The lowest BCUT2D eigenvalue weighted by atomic mass is 10.2. The molecule has 0 aromatic heterocycles. The summed E-state index contributed by atoms with van der Waals surface area (Å²) in [5.41, 5.74) is 2.80. The molecular formula is C19H25NS. The summed E-state index contributed by atoms with van der Waals surface area (Å²) in [6.45, 7) is 7.40. The van der Waals surface area contributed by atoms with Gasteiger partial charge in [0.05, 0.1) is 5.69 Å². The van der Waals surface area contributed by atoms with Gasteiger partial charge in [-0.3, -0.25) is 0 Å². The third kappa shape index (κ3) is 3.62. The van der Waals surface area contributed by atoms with Crippen LogP contribution in [0.4, 0.5) is 5.69 Å². The highest BCUT2D eigenvalue weighted by molar-refractivity contribution is 8.00. The van der Waals surface area contributed by atoms with Crippen LogP contribution in [0.1, 0.15) is 44.6 Å². The van der Waals surface area contributed by atoms with Crippen molar-refractivity contribution in [3.8, 4) is 0 Å². The van der Waals surface area contributed by atoms with Crippen LogP contribution in [0.2, 0.25) is 0 Å². The lowest BCUT2D eigenvalue weighted by molar-refractivity contribution is 0.713. The molecule has 2 heteroatoms. The Morgan fingerprint density at radius 1 is 0.952 bits per heavy atom. The minimum atomic E-state index is 0.435. The van der Waals surface area contributed by atoms with Crippen molar-refractivity contribution in [3.63, 3.8) is 0 Å². The fraction of sp³-hybridized carbons (Fsp3) is 0.368. The lowest BCUT2D eigenvalue weighted by Crippen LogP contribution is -2.24. The van der Waals surface area contributed by atoms with E-state index in [9.17, 15) is 0 Å². The molecule has 3 rings (SSSR count). The third-order valence-corrected chi connectivity index (χ3v) is 4.88. The van der Waals surface area contributed by atoms with Crippen molar-refractivity contribution < 1.29 is 0 Å². The maximum atomic E-state index is 2.55. The number of anilines is 1. The lowest BCUT2D eigenvalue weighted by Gasteiger charge is -2.26. The van der Waals surface area contributed by atoms with Crippen LogP contribution in [-0.4, -0.2) is 6.54 Å². The smallest absolute Gasteiger partial charge is 0.105 e. The zero-order valence-electron chi connectivity index (χ0n) is 13.3. The molecule has 21 heavy (non-hydrogen) atoms. The number of para-hydroxylation sites is 1. The Morgan fingerprint density at radius 3 is 2.33 bits per heavy atom. The SMILES string of the molecule is CC.CCCCN1c2ccccc2SC1c1ccccc1. The van der Waals surface area contributed by atoms with Gasteiger partial charge < -0.3 is 4.90 Å². The molecule has 0 fully saturated rings. The molecule has 112 valence electrons. The number of hydrogen-bond donors (Lipinski definition) is 0. The highest BCUT2D eigenvalue weighted by Crippen LogP contribution is 2.51. The van der Waals surface area contributed by atoms with Gasteiger partial charge in [-0.15, -0.1) is 0 Å². The Hall–Kier alpha value is -1.41. The number of nitrogens with zero attached hydrogens (tertiary/aromatic N) is 1. The molecule has 0 amide bonds. The zero-order valence-corrected chi connectivity index (χ0v) is 14.1. The number of benzene rings is 2. The molecule has 1 unspecified atom stereocenters. The zero-order chi connectivity index (χ0) is 15.1. The maximum Gasteiger partial charge on any atom is 0.105 e. The monoisotopic (exact) mass is 299 g/mol. The summed E-state index contributed by atoms with van der Waals surface area (Å²) in [6.07, 6.45) is 2.49. The maximum absolute atomic E-state index is 2.55. The number of unbranched alkanes of at least 4 members (excludes halogenated alkanes) is 1. The minimum Gasteiger partial charge on any atom is -0.354 e. The van der Waals surface area contributed by atoms with Gasteiger partial charge in [-0.2, -0.15) is 0 Å². The Kier molecular flexibility index (Phi) is 6.19. The molecular weight excluding hydrogens is 274 g/mol. The number of rotatable bonds is 4. The Labute approximate surface area is 133 Å². The second-order valence-electron chi connectivity index (χ2n) is 4.90. The number of fused-ring (bicyclic) bond motifs is 1. The standard InChI is InChI=1S/C17H19NS.C2H6/c1-2-3-13-18-15-11-7-8-12-16(15)19-17(18)14-9-5-4-6-10-14;1-2/h4-12,17H,2-3,13H2,1H3;1-2H3. The van der Waals surface area contributed by atoms with E-state index in [1.54, 1.807) is 0 Å². The summed E-state index contributed by atoms with van der Waals surface area (Å²) >= 11 is 1.97. The van der Waals surface area contributed by atoms with E-state index in [1.807, 2.05) is 25.6 Å². The second kappa shape index (κ2) is 8.14. The Morgan fingerprint density at radius 2 is 1.62 bits per heavy atom. The highest BCUT2D eigenvalue weighted by atomic mass is 32.2. The fourth-order valence-corrected chi connectivity index (χ4v) is 3.88. The van der Waals surface area contributed by atoms with Crippen LogP contribution in [0.15, 0.2) is 59.5 Å². The van der Waals surface area contributed by atoms with Crippen molar-refractivity contribution in [1.29, 1.82) is 0 Å². The molecule has 2 aromatic rings. The molecule has 0 spiro atoms. The predicted molar refractivity (Wildman–Crippen MR) is 95.1 cm³/mol. The van der Waals surface area contributed by atoms with Gasteiger partial charge in [-0.05, 0) is 24.1 Å². The van der Waals surface area contributed by atoms with Gasteiger partial charge in [-0.1, -0.05) is 81.4 Å². The van der Waals surface area contributed by atoms with Gasteiger partial charge in [0, 0.05) is 11.4 Å². The minimum absolute atomic E-state index is 0.435. The quantitative estimate of drug-likeness (QED) is 0.668. The van der Waals surface area contributed by atoms with Gasteiger partial charge in [0.25, 0.3) is 0 Å². The van der Waals surface area contributed by atoms with Crippen molar-refractivity contribution in [2.45, 2.75) is 43.9 Å². The normalized spacial score (nSPS) is 16.1. The van der Waals surface area contributed by atoms with Crippen LogP contribution in [0.3, 0.4) is 0 Å². The van der Waals surface area contributed by atoms with E-state index in [2.05, 4.69) is 66.4 Å². The Balaban J connectivity index is 0.000000774. The van der Waals surface area contributed by atoms with Crippen LogP contribution in [0.25, 0.3) is 0 Å². The molecule has 0 bridgehead atoms. The molecule has 1 heterocycles. The first-order valence-electron chi connectivity index (χ1n) is 7.97. The van der Waals surface area contributed by atoms with Crippen molar-refractivity contribution in [1.82, 2.24) is 0 Å². The molecule has 0 N–H and O–H groups in total. The van der Waals surface area contributed by atoms with Crippen molar-refractivity contribution >= 4 is 17.4 Å². The van der Waals surface area contributed by atoms with E-state index in [0.29, 0.717) is 5.37 Å². The molecule has 1 atom stereocenters. The van der Waals surface area contributed by atoms with E-state index in [1.165, 1.54) is 29.0 Å². The third-order valence-electron chi connectivity index (χ3n) is 3.53. The first-order valence-corrected chi connectivity index (χ1v) is 8.85. The molecule has 1 aliphatic heterocycles. The molecule has 0 radical (unpaired) electrons. The summed E-state index contributed by atoms with van der Waals surface area (Å²) in [4.78, 5) is 3.96. The van der Waals surface area contributed by atoms with Crippen LogP contribution >= 0.6 is 11.8 Å². The largest absolute Gasteiger partial charge is 0.354 e. The topological polar surface area (TPSA) is 3.24 Å². The molecule has 2 aromatic carbocycles. The highest BCUT2D eigenvalue weighted by Gasteiger charge is 2.30. The summed E-state index contributed by atoms with van der Waals surface area (Å²) in [7, 11) is 0. The second-order valence-corrected chi connectivity index (χ2v) is 6.02. The summed E-state index contributed by atoms with van der Waals surface area (Å²) < 4.78 is 0. The summed E-state index contributed by atoms with van der Waals surface area (Å²) in [6, 6.07) is 19.6. The van der Waals surface area contributed by atoms with Crippen LogP contribution in [0, 0.1) is 0 Å². The van der Waals surface area contributed by atoms with Gasteiger partial charge in [0.15, 0.2) is 0 Å². The van der Waals surface area contributed by atoms with Crippen LogP contribution < -0.4 is 4.90 Å². The summed E-state index contributed by atoms with van der Waals surface area (Å²) in [5, 5.41) is 0.435. The average Bonchev–Trinajstić information content (AvgIpc) is 2.94. The fourth-order valence-electron chi connectivity index (χ4n) is 2.54. The van der Waals surface area contributed by atoms with Crippen molar-refractivity contribution in [2.24, 2.45) is 0 Å². The van der Waals surface area contributed by atoms with Crippen molar-refractivity contribution in [2.75, 3.05) is 11.4 Å². The molecule has 1 aliphatic rings. The molecule has 0 saturated carbocycles.